The minimum atomic E-state index is -0.353. The summed E-state index contributed by atoms with van der Waals surface area (Å²) >= 11 is 0. The summed E-state index contributed by atoms with van der Waals surface area (Å²) in [6.45, 7) is 0. The van der Waals surface area contributed by atoms with Gasteiger partial charge in [0.05, 0.1) is 18.1 Å². The van der Waals surface area contributed by atoms with Crippen LogP contribution in [0.5, 0.6) is 0 Å². The Kier molecular flexibility index (Phi) is 4.20. The van der Waals surface area contributed by atoms with E-state index in [0.717, 1.165) is 11.8 Å². The number of carbonyl (C=O) groups excluding carboxylic acids is 2. The molecular formula is C18H13N3O2. The van der Waals surface area contributed by atoms with Crippen molar-refractivity contribution in [3.8, 4) is 11.3 Å². The topological polar surface area (TPSA) is 72.0 Å². The lowest BCUT2D eigenvalue weighted by Crippen LogP contribution is -2.14. The number of amides is 1. The van der Waals surface area contributed by atoms with Crippen LogP contribution < -0.4 is 5.32 Å². The Hall–Kier alpha value is -3.34. The maximum Gasteiger partial charge on any atom is 0.275 e. The van der Waals surface area contributed by atoms with Gasteiger partial charge in [0.2, 0.25) is 0 Å². The van der Waals surface area contributed by atoms with Crippen molar-refractivity contribution < 1.29 is 9.59 Å². The van der Waals surface area contributed by atoms with E-state index < -0.39 is 0 Å². The predicted octanol–water partition coefficient (Wildman–Crippen LogP) is 3.21. The molecular weight excluding hydrogens is 290 g/mol. The normalized spacial score (nSPS) is 10.1. The summed E-state index contributed by atoms with van der Waals surface area (Å²) in [5.74, 6) is -0.353. The minimum absolute atomic E-state index is 0.228. The number of hydrogen-bond donors (Lipinski definition) is 1. The van der Waals surface area contributed by atoms with Gasteiger partial charge in [0.15, 0.2) is 0 Å². The molecule has 5 heteroatoms. The molecule has 3 rings (SSSR count). The highest BCUT2D eigenvalue weighted by atomic mass is 16.1. The summed E-state index contributed by atoms with van der Waals surface area (Å²) < 4.78 is 0. The number of benzene rings is 2. The molecule has 0 unspecified atom stereocenters. The lowest BCUT2D eigenvalue weighted by Gasteiger charge is -2.06. The molecule has 0 fully saturated rings. The zero-order valence-corrected chi connectivity index (χ0v) is 12.1. The standard InChI is InChI=1S/C18H13N3O2/c22-12-13-6-8-15(9-7-13)20-18(23)17-11-19-10-16(21-17)14-4-2-1-3-5-14/h1-12H,(H,20,23). The summed E-state index contributed by atoms with van der Waals surface area (Å²) in [7, 11) is 0. The number of carbonyl (C=O) groups is 2. The van der Waals surface area contributed by atoms with E-state index in [1.807, 2.05) is 30.3 Å². The van der Waals surface area contributed by atoms with Gasteiger partial charge in [-0.2, -0.15) is 0 Å². The van der Waals surface area contributed by atoms with E-state index in [-0.39, 0.29) is 11.6 Å². The second-order valence-electron chi connectivity index (χ2n) is 4.85. The summed E-state index contributed by atoms with van der Waals surface area (Å²) in [5, 5.41) is 2.73. The second-order valence-corrected chi connectivity index (χ2v) is 4.85. The van der Waals surface area contributed by atoms with Gasteiger partial charge in [-0.05, 0) is 24.3 Å². The molecule has 1 aromatic heterocycles. The molecule has 0 radical (unpaired) electrons. The van der Waals surface area contributed by atoms with Crippen LogP contribution in [0.3, 0.4) is 0 Å². The molecule has 1 N–H and O–H groups in total. The van der Waals surface area contributed by atoms with E-state index in [9.17, 15) is 9.59 Å². The zero-order chi connectivity index (χ0) is 16.1. The number of hydrogen-bond acceptors (Lipinski definition) is 4. The minimum Gasteiger partial charge on any atom is -0.321 e. The van der Waals surface area contributed by atoms with Gasteiger partial charge in [-0.1, -0.05) is 30.3 Å². The van der Waals surface area contributed by atoms with Crippen molar-refractivity contribution in [3.05, 3.63) is 78.2 Å². The van der Waals surface area contributed by atoms with Crippen molar-refractivity contribution in [2.24, 2.45) is 0 Å². The van der Waals surface area contributed by atoms with Crippen LogP contribution in [0.15, 0.2) is 67.0 Å². The van der Waals surface area contributed by atoms with Gasteiger partial charge in [0, 0.05) is 16.8 Å². The number of nitrogens with one attached hydrogen (secondary N) is 1. The highest BCUT2D eigenvalue weighted by Crippen LogP contribution is 2.16. The molecule has 1 amide bonds. The highest BCUT2D eigenvalue weighted by molar-refractivity contribution is 6.03. The van der Waals surface area contributed by atoms with Gasteiger partial charge < -0.3 is 5.32 Å². The molecule has 0 bridgehead atoms. The van der Waals surface area contributed by atoms with Crippen LogP contribution in [0, 0.1) is 0 Å². The first-order chi connectivity index (χ1) is 11.3. The Balaban J connectivity index is 1.80. The summed E-state index contributed by atoms with van der Waals surface area (Å²) in [5.41, 5.74) is 2.90. The monoisotopic (exact) mass is 303 g/mol. The Morgan fingerprint density at radius 3 is 2.39 bits per heavy atom. The molecule has 23 heavy (non-hydrogen) atoms. The summed E-state index contributed by atoms with van der Waals surface area (Å²) in [6, 6.07) is 16.1. The number of aromatic nitrogens is 2. The van der Waals surface area contributed by atoms with E-state index in [0.29, 0.717) is 16.9 Å². The molecule has 0 aliphatic heterocycles. The van der Waals surface area contributed by atoms with E-state index >= 15 is 0 Å². The maximum absolute atomic E-state index is 12.3. The molecule has 2 aromatic carbocycles. The lowest BCUT2D eigenvalue weighted by molar-refractivity contribution is 0.102. The molecule has 112 valence electrons. The third-order valence-electron chi connectivity index (χ3n) is 3.24. The Morgan fingerprint density at radius 2 is 1.70 bits per heavy atom. The molecule has 0 spiro atoms. The first kappa shape index (κ1) is 14.6. The van der Waals surface area contributed by atoms with Crippen molar-refractivity contribution in [2.75, 3.05) is 5.32 Å². The lowest BCUT2D eigenvalue weighted by atomic mass is 10.1. The fourth-order valence-electron chi connectivity index (χ4n) is 2.06. The average Bonchev–Trinajstić information content (AvgIpc) is 2.63. The average molecular weight is 303 g/mol. The quantitative estimate of drug-likeness (QED) is 0.751. The fourth-order valence-corrected chi connectivity index (χ4v) is 2.06. The summed E-state index contributed by atoms with van der Waals surface area (Å²) in [4.78, 5) is 31.3. The molecule has 1 heterocycles. The number of anilines is 1. The van der Waals surface area contributed by atoms with Crippen molar-refractivity contribution in [2.45, 2.75) is 0 Å². The molecule has 3 aromatic rings. The van der Waals surface area contributed by atoms with Crippen molar-refractivity contribution in [1.82, 2.24) is 9.97 Å². The van der Waals surface area contributed by atoms with Crippen molar-refractivity contribution in [3.63, 3.8) is 0 Å². The Bertz CT molecular complexity index is 830. The molecule has 0 aliphatic rings. The summed E-state index contributed by atoms with van der Waals surface area (Å²) in [6.07, 6.45) is 3.78. The van der Waals surface area contributed by atoms with Crippen LogP contribution in [0.4, 0.5) is 5.69 Å². The van der Waals surface area contributed by atoms with Crippen LogP contribution in [0.2, 0.25) is 0 Å². The fraction of sp³-hybridized carbons (Fsp3) is 0. The molecule has 0 saturated heterocycles. The van der Waals surface area contributed by atoms with Gasteiger partial charge >= 0.3 is 0 Å². The molecule has 0 saturated carbocycles. The van der Waals surface area contributed by atoms with E-state index in [2.05, 4.69) is 15.3 Å². The largest absolute Gasteiger partial charge is 0.321 e. The van der Waals surface area contributed by atoms with Gasteiger partial charge in [-0.25, -0.2) is 4.98 Å². The van der Waals surface area contributed by atoms with Gasteiger partial charge in [0.25, 0.3) is 5.91 Å². The van der Waals surface area contributed by atoms with Crippen molar-refractivity contribution in [1.29, 1.82) is 0 Å². The smallest absolute Gasteiger partial charge is 0.275 e. The van der Waals surface area contributed by atoms with Gasteiger partial charge in [0.1, 0.15) is 12.0 Å². The zero-order valence-electron chi connectivity index (χ0n) is 12.1. The third kappa shape index (κ3) is 3.47. The van der Waals surface area contributed by atoms with Gasteiger partial charge in [-0.3, -0.25) is 14.6 Å². The maximum atomic E-state index is 12.3. The van der Waals surface area contributed by atoms with Gasteiger partial charge in [-0.15, -0.1) is 0 Å². The number of rotatable bonds is 4. The number of nitrogens with zero attached hydrogens (tertiary/aromatic N) is 2. The Morgan fingerprint density at radius 1 is 0.957 bits per heavy atom. The van der Waals surface area contributed by atoms with E-state index in [4.69, 9.17) is 0 Å². The van der Waals surface area contributed by atoms with Crippen LogP contribution in [0.1, 0.15) is 20.8 Å². The second kappa shape index (κ2) is 6.62. The number of aldehydes is 1. The predicted molar refractivity (Wildman–Crippen MR) is 87.3 cm³/mol. The molecule has 5 nitrogen and oxygen atoms in total. The van der Waals surface area contributed by atoms with Crippen LogP contribution in [-0.2, 0) is 0 Å². The van der Waals surface area contributed by atoms with E-state index in [1.54, 1.807) is 30.5 Å². The molecule has 0 aliphatic carbocycles. The SMILES string of the molecule is O=Cc1ccc(NC(=O)c2cncc(-c3ccccc3)n2)cc1. The third-order valence-corrected chi connectivity index (χ3v) is 3.24. The van der Waals surface area contributed by atoms with Crippen molar-refractivity contribution >= 4 is 17.9 Å². The Labute approximate surface area is 133 Å². The van der Waals surface area contributed by atoms with Crippen LogP contribution in [-0.4, -0.2) is 22.2 Å². The van der Waals surface area contributed by atoms with E-state index in [1.165, 1.54) is 6.20 Å². The first-order valence-electron chi connectivity index (χ1n) is 7.00. The first-order valence-corrected chi connectivity index (χ1v) is 7.00. The van der Waals surface area contributed by atoms with Crippen LogP contribution in [0.25, 0.3) is 11.3 Å². The molecule has 0 atom stereocenters. The van der Waals surface area contributed by atoms with Crippen LogP contribution >= 0.6 is 0 Å². The highest BCUT2D eigenvalue weighted by Gasteiger charge is 2.10.